The van der Waals surface area contributed by atoms with Gasteiger partial charge in [-0.3, -0.25) is 4.79 Å². The van der Waals surface area contributed by atoms with Crippen LogP contribution in [0.1, 0.15) is 34.1 Å². The molecular weight excluding hydrogens is 388 g/mol. The van der Waals surface area contributed by atoms with Gasteiger partial charge in [-0.1, -0.05) is 30.3 Å². The highest BCUT2D eigenvalue weighted by atomic mass is 35.5. The molecule has 0 aliphatic carbocycles. The quantitative estimate of drug-likeness (QED) is 0.510. The summed E-state index contributed by atoms with van der Waals surface area (Å²) in [5.41, 5.74) is 4.47. The van der Waals surface area contributed by atoms with Crippen LogP contribution in [0.25, 0.3) is 16.5 Å². The summed E-state index contributed by atoms with van der Waals surface area (Å²) in [7, 11) is 0. The maximum atomic E-state index is 13.2. The van der Waals surface area contributed by atoms with Gasteiger partial charge in [-0.15, -0.1) is 11.6 Å². The van der Waals surface area contributed by atoms with Crippen molar-refractivity contribution in [1.82, 2.24) is 9.88 Å². The van der Waals surface area contributed by atoms with Crippen molar-refractivity contribution in [3.63, 3.8) is 0 Å². The Morgan fingerprint density at radius 2 is 2.00 bits per heavy atom. The van der Waals surface area contributed by atoms with Gasteiger partial charge in [-0.25, -0.2) is 4.79 Å². The maximum Gasteiger partial charge on any atom is 0.341 e. The number of para-hydroxylation sites is 1. The van der Waals surface area contributed by atoms with Crippen LogP contribution < -0.4 is 0 Å². The van der Waals surface area contributed by atoms with Gasteiger partial charge in [0.05, 0.1) is 17.9 Å². The molecular formula is C23H21ClN2O3. The Morgan fingerprint density at radius 1 is 1.17 bits per heavy atom. The Kier molecular flexibility index (Phi) is 5.41. The van der Waals surface area contributed by atoms with E-state index >= 15 is 0 Å². The summed E-state index contributed by atoms with van der Waals surface area (Å²) in [6, 6.07) is 15.2. The first-order valence-electron chi connectivity index (χ1n) is 9.57. The second-order valence-corrected chi connectivity index (χ2v) is 7.14. The van der Waals surface area contributed by atoms with Crippen molar-refractivity contribution < 1.29 is 14.3 Å². The molecule has 0 unspecified atom stereocenters. The molecule has 1 amide bonds. The molecule has 0 radical (unpaired) electrons. The van der Waals surface area contributed by atoms with Gasteiger partial charge in [-0.2, -0.15) is 0 Å². The fraction of sp³-hybridized carbons (Fsp3) is 0.217. The number of carbonyl (C=O) groups excluding carboxylic acids is 2. The third-order valence-corrected chi connectivity index (χ3v) is 5.36. The number of fused-ring (bicyclic) bond motifs is 3. The van der Waals surface area contributed by atoms with Crippen molar-refractivity contribution in [1.29, 1.82) is 0 Å². The number of aromatic amines is 1. The van der Waals surface area contributed by atoms with Crippen LogP contribution in [0, 0.1) is 0 Å². The molecule has 29 heavy (non-hydrogen) atoms. The highest BCUT2D eigenvalue weighted by molar-refractivity contribution is 6.18. The summed E-state index contributed by atoms with van der Waals surface area (Å²) >= 11 is 5.91. The van der Waals surface area contributed by atoms with Crippen molar-refractivity contribution >= 4 is 40.0 Å². The first kappa shape index (κ1) is 19.3. The molecule has 0 spiro atoms. The summed E-state index contributed by atoms with van der Waals surface area (Å²) in [4.78, 5) is 30.8. The van der Waals surface area contributed by atoms with Gasteiger partial charge >= 0.3 is 5.97 Å². The van der Waals surface area contributed by atoms with Crippen LogP contribution in [-0.4, -0.2) is 34.9 Å². The Morgan fingerprint density at radius 3 is 2.79 bits per heavy atom. The molecule has 1 N–H and O–H groups in total. The molecule has 148 valence electrons. The number of rotatable bonds is 4. The fourth-order valence-corrected chi connectivity index (χ4v) is 3.85. The predicted molar refractivity (Wildman–Crippen MR) is 114 cm³/mol. The van der Waals surface area contributed by atoms with Crippen LogP contribution in [0.5, 0.6) is 0 Å². The van der Waals surface area contributed by atoms with Crippen molar-refractivity contribution in [3.05, 3.63) is 77.1 Å². The Labute approximate surface area is 173 Å². The SMILES string of the molecule is CCOC(=O)C1=CN(C(=O)c2cccc(CCl)c2)CCc2c1[nH]c1ccccc21. The number of hydrogen-bond donors (Lipinski definition) is 1. The topological polar surface area (TPSA) is 62.4 Å². The van der Waals surface area contributed by atoms with E-state index in [-0.39, 0.29) is 12.5 Å². The number of alkyl halides is 1. The molecule has 4 rings (SSSR count). The van der Waals surface area contributed by atoms with E-state index in [4.69, 9.17) is 16.3 Å². The van der Waals surface area contributed by atoms with Gasteiger partial charge in [0.15, 0.2) is 0 Å². The van der Waals surface area contributed by atoms with Crippen LogP contribution in [0.4, 0.5) is 0 Å². The molecule has 1 aliphatic heterocycles. The smallest absolute Gasteiger partial charge is 0.341 e. The first-order valence-corrected chi connectivity index (χ1v) is 10.1. The van der Waals surface area contributed by atoms with Gasteiger partial charge < -0.3 is 14.6 Å². The molecule has 1 aromatic heterocycles. The lowest BCUT2D eigenvalue weighted by molar-refractivity contribution is -0.136. The number of nitrogens with zero attached hydrogens (tertiary/aromatic N) is 1. The summed E-state index contributed by atoms with van der Waals surface area (Å²) in [6.07, 6.45) is 2.23. The van der Waals surface area contributed by atoms with Crippen LogP contribution in [0.15, 0.2) is 54.7 Å². The summed E-state index contributed by atoms with van der Waals surface area (Å²) in [5.74, 6) is -0.288. The van der Waals surface area contributed by atoms with Crippen molar-refractivity contribution in [2.75, 3.05) is 13.2 Å². The van der Waals surface area contributed by atoms with E-state index in [1.807, 2.05) is 36.4 Å². The zero-order valence-electron chi connectivity index (χ0n) is 16.1. The number of nitrogens with one attached hydrogen (secondary N) is 1. The summed E-state index contributed by atoms with van der Waals surface area (Å²) in [5, 5.41) is 1.05. The molecule has 3 aromatic rings. The third-order valence-electron chi connectivity index (χ3n) is 5.06. The molecule has 5 nitrogen and oxygen atoms in total. The second kappa shape index (κ2) is 8.13. The van der Waals surface area contributed by atoms with Crippen molar-refractivity contribution in [2.45, 2.75) is 19.2 Å². The zero-order valence-corrected chi connectivity index (χ0v) is 16.8. The van der Waals surface area contributed by atoms with Gasteiger partial charge in [-0.05, 0) is 42.7 Å². The van der Waals surface area contributed by atoms with E-state index in [2.05, 4.69) is 4.98 Å². The number of halogens is 1. The first-order chi connectivity index (χ1) is 14.1. The van der Waals surface area contributed by atoms with Crippen LogP contribution in [0.2, 0.25) is 0 Å². The number of esters is 1. The van der Waals surface area contributed by atoms with E-state index < -0.39 is 5.97 Å². The molecule has 1 aliphatic rings. The van der Waals surface area contributed by atoms with Crippen LogP contribution in [-0.2, 0) is 21.8 Å². The van der Waals surface area contributed by atoms with Crippen molar-refractivity contribution in [3.8, 4) is 0 Å². The average molecular weight is 409 g/mol. The highest BCUT2D eigenvalue weighted by Gasteiger charge is 2.27. The Bertz CT molecular complexity index is 1120. The maximum absolute atomic E-state index is 13.2. The lowest BCUT2D eigenvalue weighted by Crippen LogP contribution is -2.28. The number of amides is 1. The second-order valence-electron chi connectivity index (χ2n) is 6.87. The fourth-order valence-electron chi connectivity index (χ4n) is 3.68. The van der Waals surface area contributed by atoms with Crippen LogP contribution >= 0.6 is 11.6 Å². The standard InChI is InChI=1S/C23H21ClN2O3/c1-2-29-23(28)19-14-26(22(27)16-7-5-6-15(12-16)13-24)11-10-18-17-8-3-4-9-20(17)25-21(18)19/h3-9,12,14,25H,2,10-11,13H2,1H3. The number of benzene rings is 2. The molecule has 2 heterocycles. The lowest BCUT2D eigenvalue weighted by Gasteiger charge is -2.18. The van der Waals surface area contributed by atoms with E-state index in [9.17, 15) is 9.59 Å². The minimum absolute atomic E-state index is 0.173. The molecule has 0 fully saturated rings. The number of aromatic nitrogens is 1. The largest absolute Gasteiger partial charge is 0.462 e. The van der Waals surface area contributed by atoms with Gasteiger partial charge in [0.1, 0.15) is 0 Å². The Balaban J connectivity index is 1.78. The molecule has 2 aromatic carbocycles. The normalized spacial score (nSPS) is 13.6. The van der Waals surface area contributed by atoms with Gasteiger partial charge in [0.25, 0.3) is 5.91 Å². The molecule has 0 saturated heterocycles. The average Bonchev–Trinajstić information content (AvgIpc) is 3.01. The minimum Gasteiger partial charge on any atom is -0.462 e. The molecule has 0 bridgehead atoms. The number of hydrogen-bond acceptors (Lipinski definition) is 3. The Hall–Kier alpha value is -3.05. The lowest BCUT2D eigenvalue weighted by atomic mass is 10.0. The number of H-pyrrole nitrogens is 1. The van der Waals surface area contributed by atoms with E-state index in [1.54, 1.807) is 30.2 Å². The van der Waals surface area contributed by atoms with Gasteiger partial charge in [0.2, 0.25) is 0 Å². The molecule has 0 atom stereocenters. The number of carbonyl (C=O) groups is 2. The minimum atomic E-state index is -0.450. The summed E-state index contributed by atoms with van der Waals surface area (Å²) in [6.45, 7) is 2.49. The van der Waals surface area contributed by atoms with Gasteiger partial charge in [0, 0.05) is 35.1 Å². The van der Waals surface area contributed by atoms with Crippen LogP contribution in [0.3, 0.4) is 0 Å². The summed E-state index contributed by atoms with van der Waals surface area (Å²) < 4.78 is 5.28. The van der Waals surface area contributed by atoms with E-state index in [0.717, 1.165) is 27.7 Å². The molecule has 6 heteroatoms. The predicted octanol–water partition coefficient (Wildman–Crippen LogP) is 4.51. The van der Waals surface area contributed by atoms with Crippen molar-refractivity contribution in [2.24, 2.45) is 0 Å². The number of ether oxygens (including phenoxy) is 1. The molecule has 0 saturated carbocycles. The third kappa shape index (κ3) is 3.66. The highest BCUT2D eigenvalue weighted by Crippen LogP contribution is 2.31. The monoisotopic (exact) mass is 408 g/mol. The zero-order chi connectivity index (χ0) is 20.4. The van der Waals surface area contributed by atoms with E-state index in [1.165, 1.54) is 0 Å². The van der Waals surface area contributed by atoms with E-state index in [0.29, 0.717) is 30.0 Å².